The van der Waals surface area contributed by atoms with Gasteiger partial charge in [0.25, 0.3) is 0 Å². The number of nitrogens with one attached hydrogen (secondary N) is 1. The molecule has 1 atom stereocenters. The standard InChI is InChI=1S/C18H22N2O3S/c1-3-4-14(18(22)23)10-19-16(21)9-15-11-24-17(20-15)13-7-5-12(2)6-8-13/h5-8,11,14H,3-4,9-10H2,1-2H3,(H,19,21)(H,22,23). The summed E-state index contributed by atoms with van der Waals surface area (Å²) in [5.41, 5.74) is 2.93. The predicted molar refractivity (Wildman–Crippen MR) is 95.0 cm³/mol. The quantitative estimate of drug-likeness (QED) is 0.769. The van der Waals surface area contributed by atoms with E-state index >= 15 is 0 Å². The van der Waals surface area contributed by atoms with Crippen LogP contribution in [0.2, 0.25) is 0 Å². The summed E-state index contributed by atoms with van der Waals surface area (Å²) in [5.74, 6) is -1.59. The van der Waals surface area contributed by atoms with E-state index in [9.17, 15) is 9.59 Å². The Morgan fingerprint density at radius 3 is 2.62 bits per heavy atom. The Labute approximate surface area is 145 Å². The third kappa shape index (κ3) is 5.16. The Hall–Kier alpha value is -2.21. The van der Waals surface area contributed by atoms with Gasteiger partial charge in [-0.15, -0.1) is 11.3 Å². The molecule has 1 amide bonds. The van der Waals surface area contributed by atoms with Crippen molar-refractivity contribution in [2.75, 3.05) is 6.54 Å². The molecule has 0 radical (unpaired) electrons. The Morgan fingerprint density at radius 1 is 1.29 bits per heavy atom. The van der Waals surface area contributed by atoms with Crippen LogP contribution in [0.3, 0.4) is 0 Å². The van der Waals surface area contributed by atoms with Crippen LogP contribution in [0, 0.1) is 12.8 Å². The van der Waals surface area contributed by atoms with Crippen molar-refractivity contribution in [3.8, 4) is 10.6 Å². The van der Waals surface area contributed by atoms with E-state index in [2.05, 4.69) is 10.3 Å². The van der Waals surface area contributed by atoms with Crippen molar-refractivity contribution in [1.82, 2.24) is 10.3 Å². The lowest BCUT2D eigenvalue weighted by atomic mass is 10.0. The lowest BCUT2D eigenvalue weighted by Gasteiger charge is -2.11. The van der Waals surface area contributed by atoms with E-state index in [-0.39, 0.29) is 18.9 Å². The van der Waals surface area contributed by atoms with Crippen LogP contribution in [0.15, 0.2) is 29.6 Å². The van der Waals surface area contributed by atoms with E-state index < -0.39 is 11.9 Å². The summed E-state index contributed by atoms with van der Waals surface area (Å²) in [4.78, 5) is 27.6. The minimum Gasteiger partial charge on any atom is -0.481 e. The molecule has 0 aliphatic rings. The van der Waals surface area contributed by atoms with E-state index in [4.69, 9.17) is 5.11 Å². The van der Waals surface area contributed by atoms with Gasteiger partial charge >= 0.3 is 5.97 Å². The minimum atomic E-state index is -0.868. The number of carbonyl (C=O) groups is 2. The number of hydrogen-bond acceptors (Lipinski definition) is 4. The van der Waals surface area contributed by atoms with Crippen molar-refractivity contribution in [3.05, 3.63) is 40.9 Å². The molecule has 1 unspecified atom stereocenters. The van der Waals surface area contributed by atoms with Crippen LogP contribution in [0.4, 0.5) is 0 Å². The molecule has 0 bridgehead atoms. The number of carbonyl (C=O) groups excluding carboxylic acids is 1. The Kier molecular flexibility index (Phi) is 6.49. The molecule has 6 heteroatoms. The average molecular weight is 346 g/mol. The first-order valence-electron chi connectivity index (χ1n) is 8.00. The van der Waals surface area contributed by atoms with Crippen molar-refractivity contribution < 1.29 is 14.7 Å². The first kappa shape index (κ1) is 18.1. The van der Waals surface area contributed by atoms with Gasteiger partial charge in [-0.1, -0.05) is 43.2 Å². The minimum absolute atomic E-state index is 0.164. The molecule has 0 saturated heterocycles. The van der Waals surface area contributed by atoms with E-state index in [0.29, 0.717) is 12.1 Å². The first-order valence-corrected chi connectivity index (χ1v) is 8.88. The molecular formula is C18H22N2O3S. The van der Waals surface area contributed by atoms with Crippen molar-refractivity contribution in [1.29, 1.82) is 0 Å². The fraction of sp³-hybridized carbons (Fsp3) is 0.389. The molecule has 5 nitrogen and oxygen atoms in total. The van der Waals surface area contributed by atoms with Crippen LogP contribution < -0.4 is 5.32 Å². The number of nitrogens with zero attached hydrogens (tertiary/aromatic N) is 1. The number of thiazole rings is 1. The van der Waals surface area contributed by atoms with Gasteiger partial charge in [0.15, 0.2) is 0 Å². The van der Waals surface area contributed by atoms with Gasteiger partial charge in [-0.25, -0.2) is 4.98 Å². The second kappa shape index (κ2) is 8.59. The van der Waals surface area contributed by atoms with Crippen LogP contribution in [0.5, 0.6) is 0 Å². The molecule has 24 heavy (non-hydrogen) atoms. The lowest BCUT2D eigenvalue weighted by molar-refractivity contribution is -0.141. The predicted octanol–water partition coefficient (Wildman–Crippen LogP) is 3.28. The van der Waals surface area contributed by atoms with E-state index in [0.717, 1.165) is 17.0 Å². The number of hydrogen-bond donors (Lipinski definition) is 2. The summed E-state index contributed by atoms with van der Waals surface area (Å²) in [7, 11) is 0. The molecule has 128 valence electrons. The summed E-state index contributed by atoms with van der Waals surface area (Å²) in [6.07, 6.45) is 1.50. The van der Waals surface area contributed by atoms with Crippen LogP contribution in [-0.2, 0) is 16.0 Å². The van der Waals surface area contributed by atoms with Crippen molar-refractivity contribution in [2.24, 2.45) is 5.92 Å². The van der Waals surface area contributed by atoms with E-state index in [1.165, 1.54) is 16.9 Å². The molecule has 1 heterocycles. The molecule has 1 aromatic heterocycles. The molecule has 0 aliphatic heterocycles. The second-order valence-electron chi connectivity index (χ2n) is 5.81. The van der Waals surface area contributed by atoms with Gasteiger partial charge in [-0.2, -0.15) is 0 Å². The van der Waals surface area contributed by atoms with Gasteiger partial charge in [-0.05, 0) is 13.3 Å². The molecule has 0 saturated carbocycles. The molecular weight excluding hydrogens is 324 g/mol. The van der Waals surface area contributed by atoms with Gasteiger partial charge in [0.2, 0.25) is 5.91 Å². The SMILES string of the molecule is CCCC(CNC(=O)Cc1csc(-c2ccc(C)cc2)n1)C(=O)O. The summed E-state index contributed by atoms with van der Waals surface area (Å²) >= 11 is 1.50. The molecule has 2 aromatic rings. The second-order valence-corrected chi connectivity index (χ2v) is 6.67. The highest BCUT2D eigenvalue weighted by Gasteiger charge is 2.17. The Bertz CT molecular complexity index is 695. The van der Waals surface area contributed by atoms with Crippen LogP contribution in [-0.4, -0.2) is 28.5 Å². The van der Waals surface area contributed by atoms with Gasteiger partial charge in [0, 0.05) is 17.5 Å². The number of benzene rings is 1. The highest BCUT2D eigenvalue weighted by molar-refractivity contribution is 7.13. The number of rotatable bonds is 8. The van der Waals surface area contributed by atoms with Gasteiger partial charge in [0.05, 0.1) is 18.0 Å². The zero-order valence-electron chi connectivity index (χ0n) is 13.9. The fourth-order valence-electron chi connectivity index (χ4n) is 2.34. The number of carboxylic acids is 1. The Balaban J connectivity index is 1.90. The van der Waals surface area contributed by atoms with Crippen molar-refractivity contribution >= 4 is 23.2 Å². The number of aliphatic carboxylic acids is 1. The number of carboxylic acid groups (broad SMARTS) is 1. The fourth-order valence-corrected chi connectivity index (χ4v) is 3.17. The molecule has 2 rings (SSSR count). The number of aryl methyl sites for hydroxylation is 1. The highest BCUT2D eigenvalue weighted by Crippen LogP contribution is 2.24. The number of amides is 1. The Morgan fingerprint density at radius 2 is 2.00 bits per heavy atom. The third-order valence-electron chi connectivity index (χ3n) is 3.72. The summed E-state index contributed by atoms with van der Waals surface area (Å²) in [6, 6.07) is 8.09. The molecule has 1 aromatic carbocycles. The van der Waals surface area contributed by atoms with Crippen LogP contribution in [0.1, 0.15) is 31.0 Å². The van der Waals surface area contributed by atoms with E-state index in [1.54, 1.807) is 0 Å². The molecule has 0 aliphatic carbocycles. The largest absolute Gasteiger partial charge is 0.481 e. The number of aromatic nitrogens is 1. The maximum absolute atomic E-state index is 12.0. The van der Waals surface area contributed by atoms with Gasteiger partial charge in [-0.3, -0.25) is 9.59 Å². The monoisotopic (exact) mass is 346 g/mol. The normalized spacial score (nSPS) is 11.9. The molecule has 0 fully saturated rings. The van der Waals surface area contributed by atoms with Crippen molar-refractivity contribution in [3.63, 3.8) is 0 Å². The van der Waals surface area contributed by atoms with Crippen molar-refractivity contribution in [2.45, 2.75) is 33.1 Å². The first-order chi connectivity index (χ1) is 11.5. The zero-order chi connectivity index (χ0) is 17.5. The average Bonchev–Trinajstić information content (AvgIpc) is 3.00. The third-order valence-corrected chi connectivity index (χ3v) is 4.66. The molecule has 0 spiro atoms. The summed E-state index contributed by atoms with van der Waals surface area (Å²) in [6.45, 7) is 4.13. The topological polar surface area (TPSA) is 79.3 Å². The van der Waals surface area contributed by atoms with Gasteiger partial charge < -0.3 is 10.4 Å². The smallest absolute Gasteiger partial charge is 0.308 e. The van der Waals surface area contributed by atoms with Crippen LogP contribution in [0.25, 0.3) is 10.6 Å². The van der Waals surface area contributed by atoms with E-state index in [1.807, 2.05) is 43.5 Å². The maximum Gasteiger partial charge on any atom is 0.308 e. The molecule has 2 N–H and O–H groups in total. The highest BCUT2D eigenvalue weighted by atomic mass is 32.1. The lowest BCUT2D eigenvalue weighted by Crippen LogP contribution is -2.33. The maximum atomic E-state index is 12.0. The van der Waals surface area contributed by atoms with Crippen LogP contribution >= 0.6 is 11.3 Å². The zero-order valence-corrected chi connectivity index (χ0v) is 14.7. The van der Waals surface area contributed by atoms with Gasteiger partial charge in [0.1, 0.15) is 5.01 Å². The summed E-state index contributed by atoms with van der Waals surface area (Å²) in [5, 5.41) is 14.5. The summed E-state index contributed by atoms with van der Waals surface area (Å²) < 4.78 is 0.